The predicted octanol–water partition coefficient (Wildman–Crippen LogP) is 0.644. The van der Waals surface area contributed by atoms with Crippen molar-refractivity contribution in [2.45, 2.75) is 56.8 Å². The summed E-state index contributed by atoms with van der Waals surface area (Å²) in [6.45, 7) is 1.92. The third kappa shape index (κ3) is 0.997. The third-order valence-electron chi connectivity index (χ3n) is 5.94. The molecule has 0 aromatic heterocycles. The molecule has 0 N–H and O–H groups in total. The fourth-order valence-electron chi connectivity index (χ4n) is 5.15. The van der Waals surface area contributed by atoms with Crippen LogP contribution in [0.15, 0.2) is 0 Å². The zero-order chi connectivity index (χ0) is 13.5. The highest BCUT2D eigenvalue weighted by atomic mass is 16.6. The lowest BCUT2D eigenvalue weighted by Gasteiger charge is -2.40. The molecular weight excluding hydrogens is 252 g/mol. The average molecular weight is 268 g/mol. The first kappa shape index (κ1) is 11.2. The van der Waals surface area contributed by atoms with Crippen LogP contribution in [0.4, 0.5) is 0 Å². The summed E-state index contributed by atoms with van der Waals surface area (Å²) < 4.78 is 0. The average Bonchev–Trinajstić information content (AvgIpc) is 2.74. The Kier molecular flexibility index (Phi) is 1.84. The maximum atomic E-state index is 12.0. The van der Waals surface area contributed by atoms with E-state index in [4.69, 9.17) is 0 Å². The second kappa shape index (κ2) is 3.10. The zero-order valence-corrected chi connectivity index (χ0v) is 10.6. The highest BCUT2D eigenvalue weighted by Crippen LogP contribution is 2.57. The van der Waals surface area contributed by atoms with Gasteiger partial charge in [0.1, 0.15) is 11.3 Å². The lowest BCUT2D eigenvalue weighted by atomic mass is 9.54. The molecular formula is C11H16N4O4. The predicted molar refractivity (Wildman–Crippen MR) is 59.7 cm³/mol. The second-order valence-corrected chi connectivity index (χ2v) is 6.42. The Balaban J connectivity index is 1.86. The molecule has 19 heavy (non-hydrogen) atoms. The maximum absolute atomic E-state index is 12.0. The van der Waals surface area contributed by atoms with E-state index in [1.807, 2.05) is 6.92 Å². The van der Waals surface area contributed by atoms with E-state index < -0.39 is 5.41 Å². The van der Waals surface area contributed by atoms with Crippen molar-refractivity contribution < 1.29 is 19.4 Å². The number of hydroxylamine groups is 4. The van der Waals surface area contributed by atoms with Gasteiger partial charge in [0.25, 0.3) is 0 Å². The molecule has 2 heterocycles. The Morgan fingerprint density at radius 3 is 1.58 bits per heavy atom. The van der Waals surface area contributed by atoms with E-state index >= 15 is 0 Å². The molecule has 0 amide bonds. The van der Waals surface area contributed by atoms with Gasteiger partial charge < -0.3 is 20.8 Å². The molecule has 0 bridgehead atoms. The summed E-state index contributed by atoms with van der Waals surface area (Å²) in [7, 11) is 0. The number of azo groups is 2. The molecule has 0 spiro atoms. The monoisotopic (exact) mass is 268 g/mol. The fourth-order valence-corrected chi connectivity index (χ4v) is 5.15. The van der Waals surface area contributed by atoms with E-state index in [1.165, 1.54) is 0 Å². The molecule has 2 fully saturated rings. The first-order chi connectivity index (χ1) is 8.98. The molecule has 2 aliphatic heterocycles. The van der Waals surface area contributed by atoms with E-state index in [2.05, 4.69) is 0 Å². The topological polar surface area (TPSA) is 104 Å². The van der Waals surface area contributed by atoms with E-state index in [0.717, 1.165) is 0 Å². The molecule has 6 atom stereocenters. The van der Waals surface area contributed by atoms with Crippen LogP contribution in [-0.4, -0.2) is 43.6 Å². The number of nitrogens with zero attached hydrogens (tertiary/aromatic N) is 4. The molecule has 4 rings (SSSR count). The quantitative estimate of drug-likeness (QED) is 0.475. The van der Waals surface area contributed by atoms with Crippen LogP contribution in [0.3, 0.4) is 0 Å². The van der Waals surface area contributed by atoms with E-state index in [-0.39, 0.29) is 30.1 Å². The van der Waals surface area contributed by atoms with Crippen molar-refractivity contribution in [1.82, 2.24) is 0 Å². The van der Waals surface area contributed by atoms with Crippen LogP contribution in [0.5, 0.6) is 0 Å². The normalized spacial score (nSPS) is 51.7. The largest absolute Gasteiger partial charge is 0.567 e. The molecule has 2 aliphatic carbocycles. The summed E-state index contributed by atoms with van der Waals surface area (Å²) in [6.07, 6.45) is 2.05. The lowest BCUT2D eigenvalue weighted by molar-refractivity contribution is -0.978. The van der Waals surface area contributed by atoms with Gasteiger partial charge in [-0.25, -0.2) is 0 Å². The highest BCUT2D eigenvalue weighted by Gasteiger charge is 2.78. The Morgan fingerprint density at radius 2 is 1.16 bits per heavy atom. The molecule has 2 unspecified atom stereocenters. The first-order valence-electron chi connectivity index (χ1n) is 6.83. The van der Waals surface area contributed by atoms with Gasteiger partial charge >= 0.3 is 0 Å². The standard InChI is InChI=1S/C11H16N4O4/c1-11-8-4-2-6-10(11)7(13(17)12(6)16)3-5-9(11)15(19)14(8)18/h6-10H,2-5H2,1H3/t6-,7+,8+,9-,10?,11?. The van der Waals surface area contributed by atoms with Crippen LogP contribution in [0, 0.1) is 32.2 Å². The summed E-state index contributed by atoms with van der Waals surface area (Å²) in [4.78, 5) is 2.18. The Morgan fingerprint density at radius 1 is 0.737 bits per heavy atom. The molecule has 8 nitrogen and oxygen atoms in total. The molecule has 0 aromatic rings. The van der Waals surface area contributed by atoms with Gasteiger partial charge in [0.2, 0.25) is 24.2 Å². The van der Waals surface area contributed by atoms with Crippen molar-refractivity contribution in [3.63, 3.8) is 0 Å². The Labute approximate surface area is 109 Å². The van der Waals surface area contributed by atoms with Crippen molar-refractivity contribution >= 4 is 0 Å². The van der Waals surface area contributed by atoms with Crippen molar-refractivity contribution in [3.8, 4) is 0 Å². The van der Waals surface area contributed by atoms with E-state index in [9.17, 15) is 20.8 Å². The first-order valence-corrected chi connectivity index (χ1v) is 6.83. The number of rotatable bonds is 0. The smallest absolute Gasteiger partial charge is 0.242 e. The van der Waals surface area contributed by atoms with E-state index in [1.54, 1.807) is 0 Å². The third-order valence-corrected chi connectivity index (χ3v) is 5.94. The molecule has 8 heteroatoms. The lowest BCUT2D eigenvalue weighted by Crippen LogP contribution is -2.59. The maximum Gasteiger partial charge on any atom is 0.242 e. The van der Waals surface area contributed by atoms with Gasteiger partial charge in [0, 0.05) is 45.1 Å². The zero-order valence-electron chi connectivity index (χ0n) is 10.6. The second-order valence-electron chi connectivity index (χ2n) is 6.42. The van der Waals surface area contributed by atoms with Gasteiger partial charge in [-0.2, -0.15) is 0 Å². The molecule has 104 valence electrons. The van der Waals surface area contributed by atoms with Gasteiger partial charge in [-0.1, -0.05) is 0 Å². The molecule has 4 aliphatic rings. The van der Waals surface area contributed by atoms with Crippen LogP contribution >= 0.6 is 0 Å². The summed E-state index contributed by atoms with van der Waals surface area (Å²) in [5.41, 5.74) is -0.544. The SMILES string of the molecule is CC12C3[C@H]4CC[C@@H]1[N+]([O-])=[N+]([O-])[C@@H]2CC[C@@H]3[N+]([O-])=[N+]4[O-]. The van der Waals surface area contributed by atoms with Crippen LogP contribution in [0.2, 0.25) is 0 Å². The molecule has 0 aromatic carbocycles. The van der Waals surface area contributed by atoms with Crippen LogP contribution in [0.1, 0.15) is 32.6 Å². The van der Waals surface area contributed by atoms with Gasteiger partial charge in [-0.05, 0) is 6.92 Å². The van der Waals surface area contributed by atoms with Crippen molar-refractivity contribution in [2.75, 3.05) is 0 Å². The minimum atomic E-state index is -0.544. The fraction of sp³-hybridized carbons (Fsp3) is 1.00. The minimum Gasteiger partial charge on any atom is -0.567 e. The minimum absolute atomic E-state index is 0.171. The summed E-state index contributed by atoms with van der Waals surface area (Å²) in [5.74, 6) is -0.171. The van der Waals surface area contributed by atoms with Gasteiger partial charge in [0.15, 0.2) is 0 Å². The molecule has 0 radical (unpaired) electrons. The van der Waals surface area contributed by atoms with Crippen molar-refractivity contribution in [2.24, 2.45) is 11.3 Å². The van der Waals surface area contributed by atoms with Crippen LogP contribution in [-0.2, 0) is 0 Å². The van der Waals surface area contributed by atoms with E-state index in [0.29, 0.717) is 45.1 Å². The van der Waals surface area contributed by atoms with Crippen LogP contribution < -0.4 is 0 Å². The van der Waals surface area contributed by atoms with Crippen molar-refractivity contribution in [1.29, 1.82) is 0 Å². The van der Waals surface area contributed by atoms with Crippen LogP contribution in [0.25, 0.3) is 0 Å². The summed E-state index contributed by atoms with van der Waals surface area (Å²) >= 11 is 0. The number of hydrogen-bond donors (Lipinski definition) is 0. The summed E-state index contributed by atoms with van der Waals surface area (Å²) in [5, 5.41) is 48.0. The van der Waals surface area contributed by atoms with Gasteiger partial charge in [-0.3, -0.25) is 0 Å². The Bertz CT molecular complexity index is 491. The van der Waals surface area contributed by atoms with Crippen molar-refractivity contribution in [3.05, 3.63) is 20.8 Å². The Hall–Kier alpha value is -1.60. The molecule has 2 saturated carbocycles. The summed E-state index contributed by atoms with van der Waals surface area (Å²) in [6, 6.07) is -1.52. The highest BCUT2D eigenvalue weighted by molar-refractivity contribution is 5.07. The van der Waals surface area contributed by atoms with Gasteiger partial charge in [0.05, 0.1) is 0 Å². The van der Waals surface area contributed by atoms with Gasteiger partial charge in [-0.15, -0.1) is 0 Å². The number of hydrogen-bond acceptors (Lipinski definition) is 4. The molecule has 0 saturated heterocycles.